The molecule has 0 spiro atoms. The van der Waals surface area contributed by atoms with Crippen LogP contribution in [0.5, 0.6) is 0 Å². The molecular weight excluding hydrogens is 260 g/mol. The summed E-state index contributed by atoms with van der Waals surface area (Å²) in [6.45, 7) is 9.83. The van der Waals surface area contributed by atoms with Crippen LogP contribution in [-0.4, -0.2) is 11.1 Å². The van der Waals surface area contributed by atoms with E-state index in [2.05, 4.69) is 44.3 Å². The lowest BCUT2D eigenvalue weighted by Gasteiger charge is -2.23. The number of aryl methyl sites for hydroxylation is 3. The van der Waals surface area contributed by atoms with Crippen LogP contribution in [0.1, 0.15) is 35.3 Å². The first-order valence-corrected chi connectivity index (χ1v) is 7.50. The normalized spacial score (nSPS) is 12.4. The van der Waals surface area contributed by atoms with Gasteiger partial charge in [0.25, 0.3) is 5.56 Å². The molecule has 3 nitrogen and oxygen atoms in total. The molecule has 1 unspecified atom stereocenters. The van der Waals surface area contributed by atoms with E-state index in [0.29, 0.717) is 6.54 Å². The molecule has 0 bridgehead atoms. The van der Waals surface area contributed by atoms with E-state index in [1.54, 1.807) is 6.07 Å². The van der Waals surface area contributed by atoms with E-state index in [1.165, 1.54) is 16.7 Å². The highest BCUT2D eigenvalue weighted by molar-refractivity contribution is 5.33. The molecular formula is C18H24N2O. The molecule has 0 fully saturated rings. The number of likely N-dealkylation sites (N-methyl/N-ethyl adjacent to an activating group) is 1. The Bertz CT molecular complexity index is 673. The molecule has 1 aromatic carbocycles. The Morgan fingerprint density at radius 1 is 1.14 bits per heavy atom. The summed E-state index contributed by atoms with van der Waals surface area (Å²) in [7, 11) is 0. The van der Waals surface area contributed by atoms with Gasteiger partial charge in [-0.3, -0.25) is 4.79 Å². The molecule has 0 saturated carbocycles. The van der Waals surface area contributed by atoms with Crippen molar-refractivity contribution in [2.75, 3.05) is 6.54 Å². The fraction of sp³-hybridized carbons (Fsp3) is 0.389. The molecule has 1 heterocycles. The van der Waals surface area contributed by atoms with E-state index in [0.717, 1.165) is 12.2 Å². The summed E-state index contributed by atoms with van der Waals surface area (Å²) in [4.78, 5) is 12.1. The predicted molar refractivity (Wildman–Crippen MR) is 87.8 cm³/mol. The van der Waals surface area contributed by atoms with Crippen LogP contribution in [0.4, 0.5) is 0 Å². The molecule has 0 saturated heterocycles. The monoisotopic (exact) mass is 284 g/mol. The maximum Gasteiger partial charge on any atom is 0.250 e. The summed E-state index contributed by atoms with van der Waals surface area (Å²) in [6.07, 6.45) is 0. The van der Waals surface area contributed by atoms with Gasteiger partial charge >= 0.3 is 0 Å². The minimum absolute atomic E-state index is 0.0585. The third-order valence-corrected chi connectivity index (χ3v) is 3.89. The van der Waals surface area contributed by atoms with Crippen molar-refractivity contribution in [2.45, 2.75) is 40.3 Å². The number of hydrogen-bond acceptors (Lipinski definition) is 2. The zero-order valence-corrected chi connectivity index (χ0v) is 13.3. The van der Waals surface area contributed by atoms with Gasteiger partial charge in [-0.2, -0.15) is 0 Å². The Labute approximate surface area is 126 Å². The molecule has 0 aliphatic carbocycles. The van der Waals surface area contributed by atoms with Crippen LogP contribution in [0.3, 0.4) is 0 Å². The SMILES string of the molecule is CCNC(Cn1c(C)cccc1=O)c1cc(C)ccc1C. The number of nitrogens with zero attached hydrogens (tertiary/aromatic N) is 1. The smallest absolute Gasteiger partial charge is 0.250 e. The molecule has 112 valence electrons. The lowest BCUT2D eigenvalue weighted by Crippen LogP contribution is -2.31. The van der Waals surface area contributed by atoms with Crippen LogP contribution in [0.2, 0.25) is 0 Å². The highest BCUT2D eigenvalue weighted by atomic mass is 16.1. The first-order chi connectivity index (χ1) is 10.0. The van der Waals surface area contributed by atoms with Gasteiger partial charge in [-0.1, -0.05) is 36.8 Å². The standard InChI is InChI=1S/C18H24N2O/c1-5-19-17(16-11-13(2)9-10-14(16)3)12-20-15(4)7-6-8-18(20)21/h6-11,17,19H,5,12H2,1-4H3. The topological polar surface area (TPSA) is 34.0 Å². The quantitative estimate of drug-likeness (QED) is 0.915. The lowest BCUT2D eigenvalue weighted by molar-refractivity contribution is 0.459. The Hall–Kier alpha value is -1.87. The minimum Gasteiger partial charge on any atom is -0.311 e. The molecule has 21 heavy (non-hydrogen) atoms. The van der Waals surface area contributed by atoms with Gasteiger partial charge in [-0.05, 0) is 44.5 Å². The van der Waals surface area contributed by atoms with Crippen LogP contribution in [0.15, 0.2) is 41.2 Å². The summed E-state index contributed by atoms with van der Waals surface area (Å²) in [6, 6.07) is 12.1. The second-order valence-corrected chi connectivity index (χ2v) is 5.59. The second kappa shape index (κ2) is 6.72. The molecule has 2 aromatic rings. The van der Waals surface area contributed by atoms with Gasteiger partial charge in [-0.25, -0.2) is 0 Å². The van der Waals surface area contributed by atoms with Gasteiger partial charge in [0.1, 0.15) is 0 Å². The summed E-state index contributed by atoms with van der Waals surface area (Å²) in [5, 5.41) is 3.51. The van der Waals surface area contributed by atoms with E-state index in [4.69, 9.17) is 0 Å². The van der Waals surface area contributed by atoms with Crippen molar-refractivity contribution in [3.63, 3.8) is 0 Å². The van der Waals surface area contributed by atoms with Crippen LogP contribution in [0.25, 0.3) is 0 Å². The van der Waals surface area contributed by atoms with E-state index >= 15 is 0 Å². The van der Waals surface area contributed by atoms with E-state index < -0.39 is 0 Å². The summed E-state index contributed by atoms with van der Waals surface area (Å²) in [5.41, 5.74) is 4.83. The van der Waals surface area contributed by atoms with Crippen molar-refractivity contribution in [2.24, 2.45) is 0 Å². The molecule has 1 N–H and O–H groups in total. The molecule has 0 radical (unpaired) electrons. The van der Waals surface area contributed by atoms with Gasteiger partial charge < -0.3 is 9.88 Å². The van der Waals surface area contributed by atoms with E-state index in [9.17, 15) is 4.79 Å². The first kappa shape index (κ1) is 15.5. The maximum absolute atomic E-state index is 12.1. The van der Waals surface area contributed by atoms with Crippen LogP contribution in [0, 0.1) is 20.8 Å². The Kier molecular flexibility index (Phi) is 4.97. The summed E-state index contributed by atoms with van der Waals surface area (Å²) >= 11 is 0. The summed E-state index contributed by atoms with van der Waals surface area (Å²) in [5.74, 6) is 0. The third-order valence-electron chi connectivity index (χ3n) is 3.89. The first-order valence-electron chi connectivity index (χ1n) is 7.50. The van der Waals surface area contributed by atoms with Gasteiger partial charge in [-0.15, -0.1) is 0 Å². The number of benzene rings is 1. The van der Waals surface area contributed by atoms with E-state index in [-0.39, 0.29) is 11.6 Å². The molecule has 2 rings (SSSR count). The Balaban J connectivity index is 2.40. The molecule has 0 aliphatic heterocycles. The zero-order valence-electron chi connectivity index (χ0n) is 13.3. The highest BCUT2D eigenvalue weighted by Crippen LogP contribution is 2.21. The van der Waals surface area contributed by atoms with Crippen molar-refractivity contribution in [3.8, 4) is 0 Å². The highest BCUT2D eigenvalue weighted by Gasteiger charge is 2.15. The minimum atomic E-state index is 0.0585. The molecule has 0 amide bonds. The Morgan fingerprint density at radius 2 is 1.90 bits per heavy atom. The van der Waals surface area contributed by atoms with Gasteiger partial charge in [0.05, 0.1) is 6.04 Å². The van der Waals surface area contributed by atoms with Crippen molar-refractivity contribution in [1.82, 2.24) is 9.88 Å². The van der Waals surface area contributed by atoms with Gasteiger partial charge in [0.2, 0.25) is 0 Å². The van der Waals surface area contributed by atoms with Gasteiger partial charge in [0.15, 0.2) is 0 Å². The molecule has 1 atom stereocenters. The number of nitrogens with one attached hydrogen (secondary N) is 1. The largest absolute Gasteiger partial charge is 0.311 e. The fourth-order valence-corrected chi connectivity index (χ4v) is 2.69. The Morgan fingerprint density at radius 3 is 2.57 bits per heavy atom. The number of hydrogen-bond donors (Lipinski definition) is 1. The van der Waals surface area contributed by atoms with Crippen molar-refractivity contribution in [3.05, 3.63) is 69.1 Å². The van der Waals surface area contributed by atoms with E-state index in [1.807, 2.05) is 23.6 Å². The van der Waals surface area contributed by atoms with Crippen molar-refractivity contribution >= 4 is 0 Å². The maximum atomic E-state index is 12.1. The van der Waals surface area contributed by atoms with Gasteiger partial charge in [0, 0.05) is 18.3 Å². The lowest BCUT2D eigenvalue weighted by atomic mass is 9.98. The van der Waals surface area contributed by atoms with Crippen LogP contribution >= 0.6 is 0 Å². The molecule has 0 aliphatic rings. The average molecular weight is 284 g/mol. The predicted octanol–water partition coefficient (Wildman–Crippen LogP) is 3.12. The van der Waals surface area contributed by atoms with Crippen LogP contribution < -0.4 is 10.9 Å². The number of aromatic nitrogens is 1. The molecule has 3 heteroatoms. The number of rotatable bonds is 5. The fourth-order valence-electron chi connectivity index (χ4n) is 2.69. The molecule has 1 aromatic heterocycles. The zero-order chi connectivity index (χ0) is 15.4. The second-order valence-electron chi connectivity index (χ2n) is 5.59. The third kappa shape index (κ3) is 3.61. The van der Waals surface area contributed by atoms with Crippen molar-refractivity contribution < 1.29 is 0 Å². The van der Waals surface area contributed by atoms with Crippen molar-refractivity contribution in [1.29, 1.82) is 0 Å². The summed E-state index contributed by atoms with van der Waals surface area (Å²) < 4.78 is 1.84. The number of pyridine rings is 1. The van der Waals surface area contributed by atoms with Crippen LogP contribution in [-0.2, 0) is 6.54 Å². The average Bonchev–Trinajstić information content (AvgIpc) is 2.44.